The van der Waals surface area contributed by atoms with E-state index >= 15 is 0 Å². The van der Waals surface area contributed by atoms with E-state index in [4.69, 9.17) is 0 Å². The molecule has 0 unspecified atom stereocenters. The van der Waals surface area contributed by atoms with E-state index in [0.29, 0.717) is 0 Å². The first-order chi connectivity index (χ1) is 9.74. The Labute approximate surface area is 126 Å². The van der Waals surface area contributed by atoms with Crippen molar-refractivity contribution >= 4 is 5.57 Å². The van der Waals surface area contributed by atoms with Gasteiger partial charge >= 0.3 is 0 Å². The summed E-state index contributed by atoms with van der Waals surface area (Å²) in [6, 6.07) is 10.5. The van der Waals surface area contributed by atoms with Crippen molar-refractivity contribution in [2.45, 2.75) is 54.4 Å². The zero-order valence-corrected chi connectivity index (χ0v) is 14.2. The Balaban J connectivity index is 0. The lowest BCUT2D eigenvalue weighted by atomic mass is 10.1. The molecule has 0 aliphatic carbocycles. The molecule has 0 atom stereocenters. The molecule has 0 spiro atoms. The Morgan fingerprint density at radius 2 is 1.50 bits per heavy atom. The third-order valence-corrected chi connectivity index (χ3v) is 2.59. The lowest BCUT2D eigenvalue weighted by Gasteiger charge is -2.00. The maximum Gasteiger partial charge on any atom is -0.0227 e. The maximum absolute atomic E-state index is 3.73. The summed E-state index contributed by atoms with van der Waals surface area (Å²) >= 11 is 0. The summed E-state index contributed by atoms with van der Waals surface area (Å²) in [4.78, 5) is 0. The van der Waals surface area contributed by atoms with Gasteiger partial charge in [-0.3, -0.25) is 0 Å². The van der Waals surface area contributed by atoms with Crippen LogP contribution >= 0.6 is 0 Å². The second kappa shape index (κ2) is 15.5. The first-order valence-electron chi connectivity index (χ1n) is 7.74. The fourth-order valence-electron chi connectivity index (χ4n) is 1.48. The minimum Gasteiger partial charge on any atom is -0.103 e. The molecule has 1 aromatic carbocycles. The third-order valence-electron chi connectivity index (χ3n) is 2.59. The van der Waals surface area contributed by atoms with Gasteiger partial charge in [0.15, 0.2) is 0 Å². The van der Waals surface area contributed by atoms with Gasteiger partial charge in [0.05, 0.1) is 0 Å². The van der Waals surface area contributed by atoms with E-state index in [1.54, 1.807) is 0 Å². The molecule has 0 heteroatoms. The van der Waals surface area contributed by atoms with Crippen LogP contribution in [0.2, 0.25) is 0 Å². The van der Waals surface area contributed by atoms with Crippen molar-refractivity contribution in [2.24, 2.45) is 0 Å². The molecular weight excluding hydrogens is 240 g/mol. The van der Waals surface area contributed by atoms with Crippen LogP contribution in [0.3, 0.4) is 0 Å². The molecule has 0 aromatic heterocycles. The van der Waals surface area contributed by atoms with Crippen LogP contribution in [0.1, 0.15) is 59.9 Å². The molecule has 0 N–H and O–H groups in total. The van der Waals surface area contributed by atoms with Crippen LogP contribution < -0.4 is 0 Å². The van der Waals surface area contributed by atoms with Crippen LogP contribution in [0.15, 0.2) is 60.7 Å². The van der Waals surface area contributed by atoms with Gasteiger partial charge < -0.3 is 0 Å². The highest BCUT2D eigenvalue weighted by Gasteiger charge is 1.92. The SMILES string of the molecule is C=CCC/C(C)=C/C=C(\C)c1ccccc1.CC.CC. The quantitative estimate of drug-likeness (QED) is 0.398. The largest absolute Gasteiger partial charge is 0.103 e. The highest BCUT2D eigenvalue weighted by Crippen LogP contribution is 2.14. The van der Waals surface area contributed by atoms with Gasteiger partial charge in [0, 0.05) is 0 Å². The van der Waals surface area contributed by atoms with Crippen molar-refractivity contribution in [1.29, 1.82) is 0 Å². The minimum atomic E-state index is 1.06. The predicted molar refractivity (Wildman–Crippen MR) is 96.0 cm³/mol. The van der Waals surface area contributed by atoms with Crippen LogP contribution in [0, 0.1) is 0 Å². The normalized spacial score (nSPS) is 10.7. The summed E-state index contributed by atoms with van der Waals surface area (Å²) in [6.07, 6.45) is 8.51. The van der Waals surface area contributed by atoms with Crippen molar-refractivity contribution in [3.63, 3.8) is 0 Å². The molecule has 0 saturated heterocycles. The van der Waals surface area contributed by atoms with Gasteiger partial charge in [0.1, 0.15) is 0 Å². The summed E-state index contributed by atoms with van der Waals surface area (Å²) in [5.41, 5.74) is 3.99. The lowest BCUT2D eigenvalue weighted by Crippen LogP contribution is -1.78. The van der Waals surface area contributed by atoms with Crippen LogP contribution in [-0.4, -0.2) is 0 Å². The van der Waals surface area contributed by atoms with E-state index in [0.717, 1.165) is 12.8 Å². The summed E-state index contributed by atoms with van der Waals surface area (Å²) in [6.45, 7) is 16.0. The van der Waals surface area contributed by atoms with Crippen molar-refractivity contribution in [2.75, 3.05) is 0 Å². The van der Waals surface area contributed by atoms with E-state index < -0.39 is 0 Å². The molecule has 1 aromatic rings. The van der Waals surface area contributed by atoms with Crippen LogP contribution in [-0.2, 0) is 0 Å². The maximum atomic E-state index is 3.73. The summed E-state index contributed by atoms with van der Waals surface area (Å²) in [7, 11) is 0. The third kappa shape index (κ3) is 10.4. The topological polar surface area (TPSA) is 0 Å². The molecular formula is C20H32. The average Bonchev–Trinajstić information content (AvgIpc) is 2.55. The number of benzene rings is 1. The van der Waals surface area contributed by atoms with Gasteiger partial charge in [-0.15, -0.1) is 6.58 Å². The number of hydrogen-bond acceptors (Lipinski definition) is 0. The van der Waals surface area contributed by atoms with Crippen molar-refractivity contribution in [3.05, 3.63) is 66.3 Å². The monoisotopic (exact) mass is 272 g/mol. The van der Waals surface area contributed by atoms with Gasteiger partial charge in [0.2, 0.25) is 0 Å². The van der Waals surface area contributed by atoms with E-state index in [9.17, 15) is 0 Å². The predicted octanol–water partition coefficient (Wildman–Crippen LogP) is 7.05. The van der Waals surface area contributed by atoms with Crippen LogP contribution in [0.4, 0.5) is 0 Å². The standard InChI is InChI=1S/C16H20.2C2H6/c1-4-5-9-14(2)12-13-15(3)16-10-7-6-8-11-16;2*1-2/h4,6-8,10-13H,1,5,9H2,2-3H3;2*1-2H3/b14-12+,15-13+;;. The van der Waals surface area contributed by atoms with E-state index in [1.165, 1.54) is 16.7 Å². The van der Waals surface area contributed by atoms with Gasteiger partial charge in [-0.25, -0.2) is 0 Å². The molecule has 0 amide bonds. The molecule has 0 saturated carbocycles. The second-order valence-electron chi connectivity index (χ2n) is 4.06. The molecule has 0 aliphatic rings. The van der Waals surface area contributed by atoms with Crippen molar-refractivity contribution in [3.8, 4) is 0 Å². The Hall–Kier alpha value is -1.56. The lowest BCUT2D eigenvalue weighted by molar-refractivity contribution is 0.980. The fourth-order valence-corrected chi connectivity index (χ4v) is 1.48. The number of rotatable bonds is 5. The zero-order chi connectivity index (χ0) is 15.8. The van der Waals surface area contributed by atoms with Crippen LogP contribution in [0.25, 0.3) is 5.57 Å². The Bertz CT molecular complexity index is 380. The first-order valence-corrected chi connectivity index (χ1v) is 7.74. The molecule has 0 heterocycles. The molecule has 20 heavy (non-hydrogen) atoms. The summed E-state index contributed by atoms with van der Waals surface area (Å²) < 4.78 is 0. The summed E-state index contributed by atoms with van der Waals surface area (Å²) in [5.74, 6) is 0. The number of hydrogen-bond donors (Lipinski definition) is 0. The molecule has 1 rings (SSSR count). The fraction of sp³-hybridized carbons (Fsp3) is 0.400. The van der Waals surface area contributed by atoms with Crippen molar-refractivity contribution in [1.82, 2.24) is 0 Å². The smallest absolute Gasteiger partial charge is 0.0227 e. The molecule has 112 valence electrons. The number of allylic oxidation sites excluding steroid dienone is 5. The van der Waals surface area contributed by atoms with E-state index in [1.807, 2.05) is 39.8 Å². The minimum absolute atomic E-state index is 1.06. The highest BCUT2D eigenvalue weighted by atomic mass is 14.0. The molecule has 0 aliphatic heterocycles. The molecule has 0 bridgehead atoms. The average molecular weight is 272 g/mol. The van der Waals surface area contributed by atoms with Crippen LogP contribution in [0.5, 0.6) is 0 Å². The van der Waals surface area contributed by atoms with E-state index in [-0.39, 0.29) is 0 Å². The molecule has 0 nitrogen and oxygen atoms in total. The second-order valence-corrected chi connectivity index (χ2v) is 4.06. The van der Waals surface area contributed by atoms with Gasteiger partial charge in [-0.05, 0) is 37.8 Å². The molecule has 0 radical (unpaired) electrons. The van der Waals surface area contributed by atoms with Gasteiger partial charge in [0.25, 0.3) is 0 Å². The van der Waals surface area contributed by atoms with Gasteiger partial charge in [-0.2, -0.15) is 0 Å². The highest BCUT2D eigenvalue weighted by molar-refractivity contribution is 5.65. The van der Waals surface area contributed by atoms with Gasteiger partial charge in [-0.1, -0.05) is 81.8 Å². The molecule has 0 fully saturated rings. The van der Waals surface area contributed by atoms with E-state index in [2.05, 4.69) is 56.8 Å². The Morgan fingerprint density at radius 1 is 0.950 bits per heavy atom. The zero-order valence-electron chi connectivity index (χ0n) is 14.2. The first kappa shape index (κ1) is 20.8. The van der Waals surface area contributed by atoms with Crippen molar-refractivity contribution < 1.29 is 0 Å². The summed E-state index contributed by atoms with van der Waals surface area (Å²) in [5, 5.41) is 0. The Morgan fingerprint density at radius 3 is 2.00 bits per heavy atom. The Kier molecular flexibility index (Phi) is 16.1.